The quantitative estimate of drug-likeness (QED) is 0.726. The van der Waals surface area contributed by atoms with Gasteiger partial charge in [0.1, 0.15) is 0 Å². The molecule has 2 nitrogen and oxygen atoms in total. The van der Waals surface area contributed by atoms with Crippen molar-refractivity contribution >= 4 is 17.3 Å². The minimum Gasteiger partial charge on any atom is -0.369 e. The van der Waals surface area contributed by atoms with Gasteiger partial charge in [0.15, 0.2) is 0 Å². The molecule has 0 saturated carbocycles. The maximum atomic E-state index is 5.84. The fourth-order valence-electron chi connectivity index (χ4n) is 1.28. The van der Waals surface area contributed by atoms with Crippen LogP contribution in [0.15, 0.2) is 60.4 Å². The largest absolute Gasteiger partial charge is 0.369 e. The molecule has 0 unspecified atom stereocenters. The van der Waals surface area contributed by atoms with Crippen LogP contribution in [0.1, 0.15) is 0 Å². The van der Waals surface area contributed by atoms with Gasteiger partial charge >= 0.3 is 0 Å². The van der Waals surface area contributed by atoms with E-state index in [0.29, 0.717) is 11.6 Å². The minimum atomic E-state index is 0.601. The number of hydrogen-bond acceptors (Lipinski definition) is 2. The maximum Gasteiger partial charge on any atom is 0.0553 e. The predicted octanol–water partition coefficient (Wildman–Crippen LogP) is 3.38. The molecule has 0 radical (unpaired) electrons. The van der Waals surface area contributed by atoms with Crippen LogP contribution in [-0.2, 0) is 0 Å². The third-order valence-corrected chi connectivity index (χ3v) is 2.33. The summed E-state index contributed by atoms with van der Waals surface area (Å²) in [6.45, 7) is 8.23. The third-order valence-electron chi connectivity index (χ3n) is 2.06. The highest BCUT2D eigenvalue weighted by Crippen LogP contribution is 2.13. The summed E-state index contributed by atoms with van der Waals surface area (Å²) >= 11 is 5.84. The Morgan fingerprint density at radius 1 is 1.62 bits per heavy atom. The van der Waals surface area contributed by atoms with Crippen molar-refractivity contribution in [3.05, 3.63) is 60.4 Å². The van der Waals surface area contributed by atoms with Gasteiger partial charge in [-0.1, -0.05) is 30.8 Å². The van der Waals surface area contributed by atoms with E-state index < -0.39 is 0 Å². The lowest BCUT2D eigenvalue weighted by atomic mass is 10.2. The fraction of sp³-hybridized carbons (Fsp3) is 0.154. The Hall–Kier alpha value is -1.54. The molecule has 16 heavy (non-hydrogen) atoms. The molecule has 0 aromatic carbocycles. The van der Waals surface area contributed by atoms with Crippen LogP contribution in [0, 0.1) is 0 Å². The lowest BCUT2D eigenvalue weighted by Crippen LogP contribution is -2.19. The van der Waals surface area contributed by atoms with Gasteiger partial charge in [0.05, 0.1) is 11.9 Å². The summed E-state index contributed by atoms with van der Waals surface area (Å²) in [5, 5.41) is 0.601. The van der Waals surface area contributed by atoms with Crippen LogP contribution in [-0.4, -0.2) is 18.6 Å². The number of halogens is 1. The van der Waals surface area contributed by atoms with Gasteiger partial charge in [0.2, 0.25) is 0 Å². The van der Waals surface area contributed by atoms with Gasteiger partial charge in [-0.2, -0.15) is 0 Å². The highest BCUT2D eigenvalue weighted by Gasteiger charge is 2.01. The van der Waals surface area contributed by atoms with Gasteiger partial charge in [0.25, 0.3) is 0 Å². The summed E-state index contributed by atoms with van der Waals surface area (Å²) < 4.78 is 0. The average molecular weight is 235 g/mol. The molecule has 1 heterocycles. The number of hydrogen-bond donors (Lipinski definition) is 0. The highest BCUT2D eigenvalue weighted by atomic mass is 35.5. The highest BCUT2D eigenvalue weighted by molar-refractivity contribution is 6.31. The lowest BCUT2D eigenvalue weighted by Gasteiger charge is -2.18. The van der Waals surface area contributed by atoms with E-state index in [9.17, 15) is 0 Å². The van der Waals surface area contributed by atoms with Crippen LogP contribution in [0.5, 0.6) is 0 Å². The summed E-state index contributed by atoms with van der Waals surface area (Å²) in [6, 6.07) is 3.90. The van der Waals surface area contributed by atoms with E-state index in [2.05, 4.69) is 23.0 Å². The number of likely N-dealkylation sites (N-methyl/N-ethyl adjacent to an activating group) is 1. The van der Waals surface area contributed by atoms with Crippen LogP contribution in [0.4, 0.5) is 5.69 Å². The smallest absolute Gasteiger partial charge is 0.0553 e. The first-order chi connectivity index (χ1) is 7.63. The standard InChI is InChI=1S/C13H15ClN2/c1-4-12(14)8-11(2)10-16(3)13-6-5-7-15-9-13/h4-9H,1-2,10H2,3H3/b12-8+. The Balaban J connectivity index is 2.62. The molecule has 1 aromatic heterocycles. The Labute approximate surface area is 102 Å². The minimum absolute atomic E-state index is 0.601. The number of pyridine rings is 1. The molecule has 0 amide bonds. The summed E-state index contributed by atoms with van der Waals surface area (Å²) in [5.41, 5.74) is 1.98. The molecule has 0 N–H and O–H groups in total. The molecule has 0 fully saturated rings. The first-order valence-corrected chi connectivity index (χ1v) is 5.30. The Kier molecular flexibility index (Phi) is 4.80. The number of anilines is 1. The first-order valence-electron chi connectivity index (χ1n) is 4.92. The second-order valence-electron chi connectivity index (χ2n) is 3.46. The normalized spacial score (nSPS) is 11.0. The Morgan fingerprint density at radius 3 is 2.94 bits per heavy atom. The number of allylic oxidation sites excluding steroid dienone is 2. The fourth-order valence-corrected chi connectivity index (χ4v) is 1.43. The van der Waals surface area contributed by atoms with Crippen LogP contribution >= 0.6 is 11.6 Å². The molecular weight excluding hydrogens is 220 g/mol. The average Bonchev–Trinajstić information content (AvgIpc) is 2.29. The van der Waals surface area contributed by atoms with E-state index in [1.165, 1.54) is 0 Å². The Bertz CT molecular complexity index is 396. The second kappa shape index (κ2) is 6.13. The van der Waals surface area contributed by atoms with Crippen LogP contribution in [0.2, 0.25) is 0 Å². The van der Waals surface area contributed by atoms with Gasteiger partial charge in [-0.05, 0) is 23.8 Å². The zero-order valence-corrected chi connectivity index (χ0v) is 10.1. The molecule has 0 aliphatic rings. The van der Waals surface area contributed by atoms with Crippen molar-refractivity contribution in [1.82, 2.24) is 4.98 Å². The number of rotatable bonds is 5. The van der Waals surface area contributed by atoms with E-state index in [1.807, 2.05) is 25.4 Å². The molecule has 84 valence electrons. The van der Waals surface area contributed by atoms with Gasteiger partial charge < -0.3 is 4.90 Å². The van der Waals surface area contributed by atoms with E-state index in [0.717, 1.165) is 11.3 Å². The van der Waals surface area contributed by atoms with Crippen molar-refractivity contribution < 1.29 is 0 Å². The molecule has 0 atom stereocenters. The van der Waals surface area contributed by atoms with Gasteiger partial charge in [0, 0.05) is 24.8 Å². The van der Waals surface area contributed by atoms with Crippen LogP contribution < -0.4 is 4.90 Å². The van der Waals surface area contributed by atoms with E-state index in [-0.39, 0.29) is 0 Å². The van der Waals surface area contributed by atoms with E-state index >= 15 is 0 Å². The van der Waals surface area contributed by atoms with Crippen molar-refractivity contribution in [3.8, 4) is 0 Å². The molecular formula is C13H15ClN2. The molecule has 0 spiro atoms. The topological polar surface area (TPSA) is 16.1 Å². The van der Waals surface area contributed by atoms with E-state index in [4.69, 9.17) is 11.6 Å². The lowest BCUT2D eigenvalue weighted by molar-refractivity contribution is 0.996. The molecule has 0 aliphatic carbocycles. The maximum absolute atomic E-state index is 5.84. The monoisotopic (exact) mass is 234 g/mol. The van der Waals surface area contributed by atoms with E-state index in [1.54, 1.807) is 18.3 Å². The first kappa shape index (κ1) is 12.5. The van der Waals surface area contributed by atoms with Crippen molar-refractivity contribution in [2.45, 2.75) is 0 Å². The number of aromatic nitrogens is 1. The van der Waals surface area contributed by atoms with Crippen LogP contribution in [0.25, 0.3) is 0 Å². The van der Waals surface area contributed by atoms with Gasteiger partial charge in [-0.3, -0.25) is 4.98 Å². The van der Waals surface area contributed by atoms with Crippen molar-refractivity contribution in [2.24, 2.45) is 0 Å². The summed E-state index contributed by atoms with van der Waals surface area (Å²) in [4.78, 5) is 6.12. The van der Waals surface area contributed by atoms with Gasteiger partial charge in [-0.25, -0.2) is 0 Å². The number of nitrogens with zero attached hydrogens (tertiary/aromatic N) is 2. The summed E-state index contributed by atoms with van der Waals surface area (Å²) in [7, 11) is 1.98. The molecule has 0 aliphatic heterocycles. The van der Waals surface area contributed by atoms with Crippen molar-refractivity contribution in [1.29, 1.82) is 0 Å². The third kappa shape index (κ3) is 3.91. The Morgan fingerprint density at radius 2 is 2.38 bits per heavy atom. The molecule has 0 saturated heterocycles. The second-order valence-corrected chi connectivity index (χ2v) is 3.90. The van der Waals surface area contributed by atoms with Gasteiger partial charge in [-0.15, -0.1) is 0 Å². The molecule has 1 rings (SSSR count). The molecule has 1 aromatic rings. The SMILES string of the molecule is C=C/C(Cl)=C\C(=C)CN(C)c1cccnc1. The predicted molar refractivity (Wildman–Crippen MR) is 70.8 cm³/mol. The molecule has 3 heteroatoms. The summed E-state index contributed by atoms with van der Waals surface area (Å²) in [6.07, 6.45) is 6.96. The molecule has 0 bridgehead atoms. The zero-order chi connectivity index (χ0) is 12.0. The van der Waals surface area contributed by atoms with Crippen molar-refractivity contribution in [2.75, 3.05) is 18.5 Å². The zero-order valence-electron chi connectivity index (χ0n) is 9.36. The summed E-state index contributed by atoms with van der Waals surface area (Å²) in [5.74, 6) is 0. The van der Waals surface area contributed by atoms with Crippen LogP contribution in [0.3, 0.4) is 0 Å². The van der Waals surface area contributed by atoms with Crippen molar-refractivity contribution in [3.63, 3.8) is 0 Å².